The van der Waals surface area contributed by atoms with Crippen LogP contribution in [0.25, 0.3) is 0 Å². The smallest absolute Gasteiger partial charge is 0.383 e. The van der Waals surface area contributed by atoms with E-state index in [-0.39, 0.29) is 15.6 Å². The van der Waals surface area contributed by atoms with Crippen molar-refractivity contribution in [1.82, 2.24) is 4.98 Å². The van der Waals surface area contributed by atoms with Gasteiger partial charge in [0.15, 0.2) is 0 Å². The Bertz CT molecular complexity index is 678. The van der Waals surface area contributed by atoms with Crippen LogP contribution in [-0.2, 0) is 6.18 Å². The Balaban J connectivity index is 2.45. The summed E-state index contributed by atoms with van der Waals surface area (Å²) in [7, 11) is 0. The van der Waals surface area contributed by atoms with Gasteiger partial charge in [-0.15, -0.1) is 0 Å². The maximum Gasteiger partial charge on any atom is 0.433 e. The number of aliphatic hydroxyl groups is 1. The molecule has 1 heterocycles. The lowest BCUT2D eigenvalue weighted by molar-refractivity contribution is -0.141. The Labute approximate surface area is 130 Å². The zero-order valence-corrected chi connectivity index (χ0v) is 12.5. The molecule has 112 valence electrons. The summed E-state index contributed by atoms with van der Waals surface area (Å²) in [6.45, 7) is 0. The lowest BCUT2D eigenvalue weighted by atomic mass is 10.0. The molecule has 0 aliphatic carbocycles. The Morgan fingerprint density at radius 2 is 1.81 bits per heavy atom. The number of halogens is 6. The van der Waals surface area contributed by atoms with Gasteiger partial charge in [-0.1, -0.05) is 29.8 Å². The van der Waals surface area contributed by atoms with Gasteiger partial charge in [0, 0.05) is 11.1 Å². The number of aliphatic hydroxyl groups excluding tert-OH is 1. The van der Waals surface area contributed by atoms with Crippen LogP contribution in [0.15, 0.2) is 34.8 Å². The highest BCUT2D eigenvalue weighted by Gasteiger charge is 2.33. The number of rotatable bonds is 2. The molecular formula is C13H7BrClF4NO. The summed E-state index contributed by atoms with van der Waals surface area (Å²) in [6, 6.07) is 5.68. The normalized spacial score (nSPS) is 13.3. The van der Waals surface area contributed by atoms with Gasteiger partial charge >= 0.3 is 6.18 Å². The SMILES string of the molecule is OC(c1ccc(C(F)(F)F)nc1Cl)c1cccc(F)c1Br. The molecule has 2 aromatic rings. The maximum atomic E-state index is 13.4. The molecule has 0 fully saturated rings. The fourth-order valence-corrected chi connectivity index (χ4v) is 2.44. The molecule has 2 rings (SSSR count). The van der Waals surface area contributed by atoms with E-state index in [4.69, 9.17) is 11.6 Å². The van der Waals surface area contributed by atoms with E-state index in [1.54, 1.807) is 0 Å². The first-order chi connectivity index (χ1) is 9.71. The Morgan fingerprint density at radius 3 is 2.38 bits per heavy atom. The van der Waals surface area contributed by atoms with Gasteiger partial charge in [0.05, 0.1) is 4.47 Å². The second-order valence-electron chi connectivity index (χ2n) is 4.12. The van der Waals surface area contributed by atoms with Gasteiger partial charge in [-0.05, 0) is 28.1 Å². The van der Waals surface area contributed by atoms with E-state index in [1.807, 2.05) is 0 Å². The van der Waals surface area contributed by atoms with Crippen molar-refractivity contribution >= 4 is 27.5 Å². The molecular weight excluding hydrogens is 377 g/mol. The molecule has 0 radical (unpaired) electrons. The summed E-state index contributed by atoms with van der Waals surface area (Å²) in [4.78, 5) is 3.21. The Kier molecular flexibility index (Phi) is 4.55. The standard InChI is InChI=1S/C13H7BrClF4NO/c14-10-6(2-1-3-8(10)16)11(21)7-4-5-9(13(17,18)19)20-12(7)15/h1-5,11,21H. The maximum absolute atomic E-state index is 13.4. The number of benzene rings is 1. The summed E-state index contributed by atoms with van der Waals surface area (Å²) < 4.78 is 50.9. The Hall–Kier alpha value is -1.18. The van der Waals surface area contributed by atoms with Crippen LogP contribution in [0.5, 0.6) is 0 Å². The molecule has 0 bridgehead atoms. The Morgan fingerprint density at radius 1 is 1.14 bits per heavy atom. The van der Waals surface area contributed by atoms with Gasteiger partial charge in [0.25, 0.3) is 0 Å². The number of nitrogens with zero attached hydrogens (tertiary/aromatic N) is 1. The third kappa shape index (κ3) is 3.36. The van der Waals surface area contributed by atoms with Crippen LogP contribution in [0, 0.1) is 5.82 Å². The van der Waals surface area contributed by atoms with Crippen LogP contribution in [0.4, 0.5) is 17.6 Å². The molecule has 0 saturated carbocycles. The number of alkyl halides is 3. The van der Waals surface area contributed by atoms with Crippen molar-refractivity contribution in [2.45, 2.75) is 12.3 Å². The van der Waals surface area contributed by atoms with E-state index in [2.05, 4.69) is 20.9 Å². The first-order valence-electron chi connectivity index (χ1n) is 5.57. The number of hydrogen-bond donors (Lipinski definition) is 1. The van der Waals surface area contributed by atoms with Gasteiger partial charge in [0.2, 0.25) is 0 Å². The van der Waals surface area contributed by atoms with Crippen molar-refractivity contribution in [3.63, 3.8) is 0 Å². The van der Waals surface area contributed by atoms with E-state index in [1.165, 1.54) is 18.2 Å². The first kappa shape index (κ1) is 16.2. The molecule has 1 aromatic heterocycles. The molecule has 8 heteroatoms. The van der Waals surface area contributed by atoms with Gasteiger partial charge in [-0.25, -0.2) is 9.37 Å². The van der Waals surface area contributed by atoms with E-state index in [0.29, 0.717) is 6.07 Å². The molecule has 21 heavy (non-hydrogen) atoms. The van der Waals surface area contributed by atoms with Gasteiger partial charge in [0.1, 0.15) is 22.8 Å². The molecule has 1 atom stereocenters. The minimum Gasteiger partial charge on any atom is -0.383 e. The monoisotopic (exact) mass is 383 g/mol. The summed E-state index contributed by atoms with van der Waals surface area (Å²) in [5.41, 5.74) is -1.07. The fourth-order valence-electron chi connectivity index (χ4n) is 1.71. The van der Waals surface area contributed by atoms with Gasteiger partial charge in [-0.2, -0.15) is 13.2 Å². The van der Waals surface area contributed by atoms with Crippen LogP contribution in [0.2, 0.25) is 5.15 Å². The first-order valence-corrected chi connectivity index (χ1v) is 6.74. The molecule has 0 aliphatic rings. The number of hydrogen-bond acceptors (Lipinski definition) is 2. The third-order valence-electron chi connectivity index (χ3n) is 2.74. The zero-order chi connectivity index (χ0) is 15.8. The van der Waals surface area contributed by atoms with Crippen LogP contribution < -0.4 is 0 Å². The minimum atomic E-state index is -4.63. The van der Waals surface area contributed by atoms with Crippen molar-refractivity contribution < 1.29 is 22.7 Å². The highest BCUT2D eigenvalue weighted by Crippen LogP contribution is 2.35. The van der Waals surface area contributed by atoms with Crippen molar-refractivity contribution in [2.24, 2.45) is 0 Å². The zero-order valence-electron chi connectivity index (χ0n) is 10.1. The second kappa shape index (κ2) is 5.90. The van der Waals surface area contributed by atoms with Crippen LogP contribution in [0.1, 0.15) is 22.9 Å². The molecule has 1 N–H and O–H groups in total. The molecule has 0 spiro atoms. The summed E-state index contributed by atoms with van der Waals surface area (Å²) in [6.07, 6.45) is -6.04. The average Bonchev–Trinajstić information content (AvgIpc) is 2.40. The predicted molar refractivity (Wildman–Crippen MR) is 72.4 cm³/mol. The quantitative estimate of drug-likeness (QED) is 0.599. The second-order valence-corrected chi connectivity index (χ2v) is 5.27. The van der Waals surface area contributed by atoms with E-state index >= 15 is 0 Å². The molecule has 0 amide bonds. The highest BCUT2D eigenvalue weighted by molar-refractivity contribution is 9.10. The third-order valence-corrected chi connectivity index (χ3v) is 3.88. The topological polar surface area (TPSA) is 33.1 Å². The largest absolute Gasteiger partial charge is 0.433 e. The lowest BCUT2D eigenvalue weighted by Gasteiger charge is -2.16. The van der Waals surface area contributed by atoms with Gasteiger partial charge < -0.3 is 5.11 Å². The fraction of sp³-hybridized carbons (Fsp3) is 0.154. The van der Waals surface area contributed by atoms with Crippen molar-refractivity contribution in [3.8, 4) is 0 Å². The molecule has 2 nitrogen and oxygen atoms in total. The molecule has 0 saturated heterocycles. The van der Waals surface area contributed by atoms with Crippen LogP contribution >= 0.6 is 27.5 Å². The van der Waals surface area contributed by atoms with Crippen molar-refractivity contribution in [2.75, 3.05) is 0 Å². The summed E-state index contributed by atoms with van der Waals surface area (Å²) in [5, 5.41) is 9.68. The number of aromatic nitrogens is 1. The van der Waals surface area contributed by atoms with E-state index in [0.717, 1.165) is 6.07 Å². The summed E-state index contributed by atoms with van der Waals surface area (Å²) >= 11 is 8.66. The van der Waals surface area contributed by atoms with E-state index < -0.39 is 28.9 Å². The van der Waals surface area contributed by atoms with Crippen molar-refractivity contribution in [3.05, 3.63) is 62.6 Å². The summed E-state index contributed by atoms with van der Waals surface area (Å²) in [5.74, 6) is -0.609. The number of pyridine rings is 1. The molecule has 0 aliphatic heterocycles. The van der Waals surface area contributed by atoms with Crippen LogP contribution in [0.3, 0.4) is 0 Å². The predicted octanol–water partition coefficient (Wildman–Crippen LogP) is 4.74. The minimum absolute atomic E-state index is 0.00784. The van der Waals surface area contributed by atoms with Crippen LogP contribution in [-0.4, -0.2) is 10.1 Å². The lowest BCUT2D eigenvalue weighted by Crippen LogP contribution is -2.10. The average molecular weight is 385 g/mol. The molecule has 1 unspecified atom stereocenters. The van der Waals surface area contributed by atoms with Gasteiger partial charge in [-0.3, -0.25) is 0 Å². The molecule has 1 aromatic carbocycles. The van der Waals surface area contributed by atoms with E-state index in [9.17, 15) is 22.7 Å². The van der Waals surface area contributed by atoms with Crippen molar-refractivity contribution in [1.29, 1.82) is 0 Å². The highest BCUT2D eigenvalue weighted by atomic mass is 79.9.